The molecule has 3 aromatic rings. The van der Waals surface area contributed by atoms with Crippen LogP contribution in [0.2, 0.25) is 0 Å². The van der Waals surface area contributed by atoms with Gasteiger partial charge in [0.15, 0.2) is 5.16 Å². The number of thiazole rings is 1. The molecule has 0 aliphatic heterocycles. The van der Waals surface area contributed by atoms with Gasteiger partial charge in [-0.25, -0.2) is 4.98 Å². The number of aromatic nitrogens is 4. The van der Waals surface area contributed by atoms with Crippen LogP contribution in [0.1, 0.15) is 11.9 Å². The van der Waals surface area contributed by atoms with E-state index in [4.69, 9.17) is 0 Å². The molecule has 0 saturated heterocycles. The summed E-state index contributed by atoms with van der Waals surface area (Å²) in [5, 5.41) is 28.8. The number of nitriles is 1. The number of benzene rings is 1. The number of hydrogen-bond donors (Lipinski definition) is 1. The lowest BCUT2D eigenvalue weighted by Crippen LogP contribution is -1.98. The van der Waals surface area contributed by atoms with Gasteiger partial charge in [0.2, 0.25) is 0 Å². The molecule has 0 spiro atoms. The number of thioether (sulfide) groups is 1. The van der Waals surface area contributed by atoms with Crippen molar-refractivity contribution in [3.63, 3.8) is 0 Å². The number of aliphatic hydroxyl groups is 1. The Morgan fingerprint density at radius 1 is 1.43 bits per heavy atom. The van der Waals surface area contributed by atoms with Crippen LogP contribution in [0, 0.1) is 11.3 Å². The normalized spacial score (nSPS) is 12.2. The first kappa shape index (κ1) is 15.5. The van der Waals surface area contributed by atoms with Crippen LogP contribution in [0.25, 0.3) is 15.8 Å². The summed E-state index contributed by atoms with van der Waals surface area (Å²) in [5.74, 6) is 0.250. The second-order valence-corrected chi connectivity index (χ2v) is 6.58. The van der Waals surface area contributed by atoms with Crippen molar-refractivity contribution in [1.82, 2.24) is 19.7 Å². The second kappa shape index (κ2) is 6.81. The summed E-state index contributed by atoms with van der Waals surface area (Å²) in [4.78, 5) is 4.42. The number of fused-ring (bicyclic) bond motifs is 1. The van der Waals surface area contributed by atoms with E-state index < -0.39 is 0 Å². The SMILES string of the molecule is CCn1cnnc1SC/C(O)=C(\C#N)c1nc2ccccc2s1. The van der Waals surface area contributed by atoms with Crippen LogP contribution in [0.3, 0.4) is 0 Å². The van der Waals surface area contributed by atoms with Gasteiger partial charge in [-0.2, -0.15) is 5.26 Å². The molecule has 0 atom stereocenters. The molecule has 116 valence electrons. The maximum Gasteiger partial charge on any atom is 0.191 e. The number of allylic oxidation sites excluding steroid dienone is 1. The Morgan fingerprint density at radius 2 is 2.26 bits per heavy atom. The fourth-order valence-electron chi connectivity index (χ4n) is 1.99. The van der Waals surface area contributed by atoms with Crippen LogP contribution in [0.15, 0.2) is 41.5 Å². The van der Waals surface area contributed by atoms with Crippen LogP contribution < -0.4 is 0 Å². The van der Waals surface area contributed by atoms with E-state index in [0.29, 0.717) is 10.2 Å². The van der Waals surface area contributed by atoms with Crippen molar-refractivity contribution in [1.29, 1.82) is 5.26 Å². The number of rotatable bonds is 5. The highest BCUT2D eigenvalue weighted by atomic mass is 32.2. The molecule has 0 amide bonds. The summed E-state index contributed by atoms with van der Waals surface area (Å²) in [7, 11) is 0. The molecule has 0 bridgehead atoms. The van der Waals surface area contributed by atoms with E-state index in [9.17, 15) is 10.4 Å². The quantitative estimate of drug-likeness (QED) is 0.433. The van der Waals surface area contributed by atoms with Gasteiger partial charge in [0.25, 0.3) is 0 Å². The molecule has 8 heteroatoms. The number of para-hydroxylation sites is 1. The summed E-state index contributed by atoms with van der Waals surface area (Å²) in [6, 6.07) is 9.71. The van der Waals surface area contributed by atoms with Crippen molar-refractivity contribution in [2.24, 2.45) is 0 Å². The lowest BCUT2D eigenvalue weighted by molar-refractivity contribution is 0.420. The molecule has 0 unspecified atom stereocenters. The van der Waals surface area contributed by atoms with Crippen molar-refractivity contribution in [3.05, 3.63) is 41.4 Å². The molecule has 2 heterocycles. The monoisotopic (exact) mass is 343 g/mol. The van der Waals surface area contributed by atoms with Crippen LogP contribution in [0.4, 0.5) is 0 Å². The van der Waals surface area contributed by atoms with Crippen LogP contribution >= 0.6 is 23.1 Å². The molecule has 0 aliphatic carbocycles. The van der Waals surface area contributed by atoms with E-state index in [1.165, 1.54) is 23.1 Å². The van der Waals surface area contributed by atoms with Crippen molar-refractivity contribution in [2.75, 3.05) is 5.75 Å². The average Bonchev–Trinajstić information content (AvgIpc) is 3.19. The third-order valence-corrected chi connectivity index (χ3v) is 5.21. The minimum absolute atomic E-state index is 0.00205. The molecule has 0 radical (unpaired) electrons. The van der Waals surface area contributed by atoms with Gasteiger partial charge in [-0.1, -0.05) is 23.9 Å². The highest BCUT2D eigenvalue weighted by Crippen LogP contribution is 2.29. The van der Waals surface area contributed by atoms with Crippen molar-refractivity contribution in [2.45, 2.75) is 18.6 Å². The van der Waals surface area contributed by atoms with E-state index in [1.807, 2.05) is 35.8 Å². The number of aryl methyl sites for hydroxylation is 1. The number of aliphatic hydroxyl groups excluding tert-OH is 1. The van der Waals surface area contributed by atoms with Gasteiger partial charge in [-0.05, 0) is 19.1 Å². The van der Waals surface area contributed by atoms with E-state index in [2.05, 4.69) is 21.3 Å². The molecule has 23 heavy (non-hydrogen) atoms. The predicted molar refractivity (Wildman–Crippen MR) is 91.2 cm³/mol. The Balaban J connectivity index is 1.86. The zero-order valence-electron chi connectivity index (χ0n) is 12.3. The topological polar surface area (TPSA) is 87.6 Å². The van der Waals surface area contributed by atoms with Gasteiger partial charge >= 0.3 is 0 Å². The van der Waals surface area contributed by atoms with Crippen molar-refractivity contribution < 1.29 is 5.11 Å². The predicted octanol–water partition coefficient (Wildman–Crippen LogP) is 3.49. The van der Waals surface area contributed by atoms with Crippen LogP contribution in [-0.2, 0) is 6.54 Å². The van der Waals surface area contributed by atoms with Gasteiger partial charge < -0.3 is 9.67 Å². The number of nitrogens with zero attached hydrogens (tertiary/aromatic N) is 5. The Bertz CT molecular complexity index is 873. The second-order valence-electron chi connectivity index (χ2n) is 4.61. The molecule has 0 fully saturated rings. The van der Waals surface area contributed by atoms with E-state index in [1.54, 1.807) is 6.33 Å². The lowest BCUT2D eigenvalue weighted by atomic mass is 10.2. The molecule has 6 nitrogen and oxygen atoms in total. The maximum atomic E-state index is 10.3. The Morgan fingerprint density at radius 3 is 3.00 bits per heavy atom. The summed E-state index contributed by atoms with van der Waals surface area (Å²) < 4.78 is 2.86. The van der Waals surface area contributed by atoms with Crippen molar-refractivity contribution in [3.8, 4) is 6.07 Å². The molecule has 0 aliphatic rings. The van der Waals surface area contributed by atoms with Gasteiger partial charge in [0, 0.05) is 6.54 Å². The summed E-state index contributed by atoms with van der Waals surface area (Å²) in [6.45, 7) is 2.74. The standard InChI is InChI=1S/C15H13N5OS2/c1-2-20-9-17-19-15(20)22-8-12(21)10(7-16)14-18-11-5-3-4-6-13(11)23-14/h3-6,9,21H,2,8H2,1H3/b12-10-. The van der Waals surface area contributed by atoms with Gasteiger partial charge in [0.1, 0.15) is 28.7 Å². The fraction of sp³-hybridized carbons (Fsp3) is 0.200. The first-order valence-electron chi connectivity index (χ1n) is 6.91. The fourth-order valence-corrected chi connectivity index (χ4v) is 3.83. The van der Waals surface area contributed by atoms with E-state index >= 15 is 0 Å². The average molecular weight is 343 g/mol. The van der Waals surface area contributed by atoms with Gasteiger partial charge in [-0.15, -0.1) is 21.5 Å². The molecule has 2 aromatic heterocycles. The molecule has 0 saturated carbocycles. The maximum absolute atomic E-state index is 10.3. The van der Waals surface area contributed by atoms with Gasteiger partial charge in [0.05, 0.1) is 16.0 Å². The van der Waals surface area contributed by atoms with Crippen LogP contribution in [0.5, 0.6) is 0 Å². The Labute approximate surface area is 141 Å². The smallest absolute Gasteiger partial charge is 0.191 e. The van der Waals surface area contributed by atoms with Crippen LogP contribution in [-0.4, -0.2) is 30.6 Å². The number of hydrogen-bond acceptors (Lipinski definition) is 7. The lowest BCUT2D eigenvalue weighted by Gasteiger charge is -2.03. The highest BCUT2D eigenvalue weighted by Gasteiger charge is 2.15. The molecule has 1 aromatic carbocycles. The Kier molecular flexibility index (Phi) is 4.60. The molecule has 3 rings (SSSR count). The van der Waals surface area contributed by atoms with E-state index in [0.717, 1.165) is 16.8 Å². The summed E-state index contributed by atoms with van der Waals surface area (Å²) in [5.41, 5.74) is 1.03. The summed E-state index contributed by atoms with van der Waals surface area (Å²) >= 11 is 2.73. The zero-order valence-corrected chi connectivity index (χ0v) is 13.9. The summed E-state index contributed by atoms with van der Waals surface area (Å²) in [6.07, 6.45) is 1.64. The van der Waals surface area contributed by atoms with E-state index in [-0.39, 0.29) is 17.1 Å². The first-order chi connectivity index (χ1) is 11.2. The van der Waals surface area contributed by atoms with Crippen molar-refractivity contribution >= 4 is 38.9 Å². The minimum atomic E-state index is 0.00205. The Hall–Kier alpha value is -2.37. The first-order valence-corrected chi connectivity index (χ1v) is 8.72. The largest absolute Gasteiger partial charge is 0.510 e. The molecule has 1 N–H and O–H groups in total. The molecular weight excluding hydrogens is 330 g/mol. The molecular formula is C15H13N5OS2. The third kappa shape index (κ3) is 3.21. The van der Waals surface area contributed by atoms with Gasteiger partial charge in [-0.3, -0.25) is 0 Å². The third-order valence-electron chi connectivity index (χ3n) is 3.17. The minimum Gasteiger partial charge on any atom is -0.510 e. The zero-order chi connectivity index (χ0) is 16.2. The highest BCUT2D eigenvalue weighted by molar-refractivity contribution is 7.99.